The van der Waals surface area contributed by atoms with Crippen LogP contribution in [0.5, 0.6) is 0 Å². The van der Waals surface area contributed by atoms with Gasteiger partial charge in [0.15, 0.2) is 5.58 Å². The molecule has 1 aromatic carbocycles. The van der Waals surface area contributed by atoms with E-state index in [0.717, 1.165) is 17.6 Å². The van der Waals surface area contributed by atoms with Crippen molar-refractivity contribution >= 4 is 11.1 Å². The molecule has 0 fully saturated rings. The number of hydrogen-bond donors (Lipinski definition) is 3. The van der Waals surface area contributed by atoms with E-state index in [1.165, 1.54) is 0 Å². The Balaban J connectivity index is 2.09. The Kier molecular flexibility index (Phi) is 3.84. The molecule has 0 aliphatic heterocycles. The lowest BCUT2D eigenvalue weighted by Crippen LogP contribution is -2.39. The van der Waals surface area contributed by atoms with Gasteiger partial charge in [-0.2, -0.15) is 0 Å². The minimum absolute atomic E-state index is 0.295. The summed E-state index contributed by atoms with van der Waals surface area (Å²) in [4.78, 5) is 13.7. The molecule has 0 aliphatic rings. The standard InChI is InChI=1S/C13H19N3O2/c1-8(2)11(6-14)15-7-9-3-4-12-10(5-9)16-13(17)18-12/h3-5,8,11,15H,6-7,14H2,1-2H3,(H,16,17). The quantitative estimate of drug-likeness (QED) is 0.743. The van der Waals surface area contributed by atoms with E-state index in [1.54, 1.807) is 6.07 Å². The maximum absolute atomic E-state index is 11.0. The summed E-state index contributed by atoms with van der Waals surface area (Å²) in [6.07, 6.45) is 0. The van der Waals surface area contributed by atoms with Gasteiger partial charge in [0.2, 0.25) is 0 Å². The molecule has 0 radical (unpaired) electrons. The van der Waals surface area contributed by atoms with Crippen LogP contribution in [0.1, 0.15) is 19.4 Å². The van der Waals surface area contributed by atoms with E-state index in [0.29, 0.717) is 24.1 Å². The summed E-state index contributed by atoms with van der Waals surface area (Å²) in [7, 11) is 0. The highest BCUT2D eigenvalue weighted by molar-refractivity contribution is 5.72. The third kappa shape index (κ3) is 2.80. The van der Waals surface area contributed by atoms with Crippen LogP contribution in [0.15, 0.2) is 27.4 Å². The largest absolute Gasteiger partial charge is 0.417 e. The summed E-state index contributed by atoms with van der Waals surface area (Å²) in [5, 5.41) is 3.41. The van der Waals surface area contributed by atoms with E-state index in [1.807, 2.05) is 12.1 Å². The Morgan fingerprint density at radius 3 is 2.89 bits per heavy atom. The number of aromatic amines is 1. The zero-order chi connectivity index (χ0) is 13.1. The third-order valence-corrected chi connectivity index (χ3v) is 3.11. The van der Waals surface area contributed by atoms with E-state index in [9.17, 15) is 4.79 Å². The van der Waals surface area contributed by atoms with Gasteiger partial charge >= 0.3 is 5.76 Å². The Hall–Kier alpha value is -1.59. The molecule has 98 valence electrons. The minimum atomic E-state index is -0.419. The first-order chi connectivity index (χ1) is 8.60. The highest BCUT2D eigenvalue weighted by atomic mass is 16.4. The molecule has 5 nitrogen and oxygen atoms in total. The molecule has 1 unspecified atom stereocenters. The second kappa shape index (κ2) is 5.37. The van der Waals surface area contributed by atoms with Crippen LogP contribution in [0.4, 0.5) is 0 Å². The highest BCUT2D eigenvalue weighted by Crippen LogP contribution is 2.12. The first-order valence-electron chi connectivity index (χ1n) is 6.15. The number of nitrogens with two attached hydrogens (primary N) is 1. The summed E-state index contributed by atoms with van der Waals surface area (Å²) in [6.45, 7) is 5.62. The van der Waals surface area contributed by atoms with Crippen molar-refractivity contribution in [3.63, 3.8) is 0 Å². The van der Waals surface area contributed by atoms with Crippen molar-refractivity contribution in [1.29, 1.82) is 0 Å². The van der Waals surface area contributed by atoms with Crippen LogP contribution in [-0.4, -0.2) is 17.6 Å². The summed E-state index contributed by atoms with van der Waals surface area (Å²) in [5.41, 5.74) is 8.12. The minimum Gasteiger partial charge on any atom is -0.408 e. The predicted molar refractivity (Wildman–Crippen MR) is 71.4 cm³/mol. The average Bonchev–Trinajstić information content (AvgIpc) is 2.68. The number of fused-ring (bicyclic) bond motifs is 1. The van der Waals surface area contributed by atoms with Crippen molar-refractivity contribution in [2.75, 3.05) is 6.54 Å². The lowest BCUT2D eigenvalue weighted by Gasteiger charge is -2.20. The Labute approximate surface area is 105 Å². The van der Waals surface area contributed by atoms with Crippen molar-refractivity contribution in [1.82, 2.24) is 10.3 Å². The van der Waals surface area contributed by atoms with Gasteiger partial charge < -0.3 is 15.5 Å². The van der Waals surface area contributed by atoms with E-state index in [-0.39, 0.29) is 0 Å². The number of aromatic nitrogens is 1. The monoisotopic (exact) mass is 249 g/mol. The van der Waals surface area contributed by atoms with Crippen molar-refractivity contribution in [3.8, 4) is 0 Å². The first-order valence-corrected chi connectivity index (χ1v) is 6.15. The molecule has 18 heavy (non-hydrogen) atoms. The van der Waals surface area contributed by atoms with Crippen LogP contribution >= 0.6 is 0 Å². The van der Waals surface area contributed by atoms with Crippen molar-refractivity contribution in [2.24, 2.45) is 11.7 Å². The predicted octanol–water partition coefficient (Wildman–Crippen LogP) is 1.19. The zero-order valence-corrected chi connectivity index (χ0v) is 10.7. The number of benzene rings is 1. The van der Waals surface area contributed by atoms with E-state index < -0.39 is 5.76 Å². The highest BCUT2D eigenvalue weighted by Gasteiger charge is 2.10. The zero-order valence-electron chi connectivity index (χ0n) is 10.7. The van der Waals surface area contributed by atoms with Gasteiger partial charge in [-0.25, -0.2) is 4.79 Å². The van der Waals surface area contributed by atoms with E-state index in [2.05, 4.69) is 24.1 Å². The molecule has 4 N–H and O–H groups in total. The van der Waals surface area contributed by atoms with Gasteiger partial charge in [-0.3, -0.25) is 4.98 Å². The molecule has 0 bridgehead atoms. The van der Waals surface area contributed by atoms with Gasteiger partial charge in [0.05, 0.1) is 5.52 Å². The van der Waals surface area contributed by atoms with Crippen LogP contribution in [0, 0.1) is 5.92 Å². The van der Waals surface area contributed by atoms with Crippen LogP contribution in [0.2, 0.25) is 0 Å². The maximum atomic E-state index is 11.0. The third-order valence-electron chi connectivity index (χ3n) is 3.11. The van der Waals surface area contributed by atoms with Gasteiger partial charge in [0.25, 0.3) is 0 Å². The Morgan fingerprint density at radius 1 is 1.44 bits per heavy atom. The van der Waals surface area contributed by atoms with Gasteiger partial charge in [-0.1, -0.05) is 19.9 Å². The molecule has 1 heterocycles. The molecule has 0 saturated heterocycles. The summed E-state index contributed by atoms with van der Waals surface area (Å²) in [5.74, 6) is 0.0737. The number of oxazole rings is 1. The van der Waals surface area contributed by atoms with Crippen LogP contribution in [0.3, 0.4) is 0 Å². The smallest absolute Gasteiger partial charge is 0.408 e. The molecule has 2 aromatic rings. The second-order valence-corrected chi connectivity index (χ2v) is 4.81. The van der Waals surface area contributed by atoms with Crippen molar-refractivity contribution in [2.45, 2.75) is 26.4 Å². The molecule has 0 aliphatic carbocycles. The molecule has 0 spiro atoms. The number of hydrogen-bond acceptors (Lipinski definition) is 4. The Bertz CT molecular complexity index is 571. The SMILES string of the molecule is CC(C)C(CN)NCc1ccc2oc(=O)[nH]c2c1. The number of H-pyrrole nitrogens is 1. The first kappa shape index (κ1) is 12.9. The van der Waals surface area contributed by atoms with Gasteiger partial charge in [0.1, 0.15) is 0 Å². The molecule has 0 saturated carbocycles. The lowest BCUT2D eigenvalue weighted by molar-refractivity contribution is 0.405. The molecule has 2 rings (SSSR count). The van der Waals surface area contributed by atoms with Crippen LogP contribution in [0.25, 0.3) is 11.1 Å². The van der Waals surface area contributed by atoms with E-state index >= 15 is 0 Å². The molecule has 0 amide bonds. The summed E-state index contributed by atoms with van der Waals surface area (Å²) in [6, 6.07) is 5.96. The topological polar surface area (TPSA) is 84.0 Å². The summed E-state index contributed by atoms with van der Waals surface area (Å²) >= 11 is 0. The normalized spacial score (nSPS) is 13.3. The lowest BCUT2D eigenvalue weighted by atomic mass is 10.0. The van der Waals surface area contributed by atoms with Crippen molar-refractivity contribution < 1.29 is 4.42 Å². The average molecular weight is 249 g/mol. The molecular formula is C13H19N3O2. The molecule has 1 atom stereocenters. The number of rotatable bonds is 5. The molecule has 1 aromatic heterocycles. The Morgan fingerprint density at radius 2 is 2.22 bits per heavy atom. The van der Waals surface area contributed by atoms with Crippen LogP contribution < -0.4 is 16.8 Å². The molecular weight excluding hydrogens is 230 g/mol. The second-order valence-electron chi connectivity index (χ2n) is 4.81. The number of nitrogens with one attached hydrogen (secondary N) is 2. The summed E-state index contributed by atoms with van der Waals surface area (Å²) < 4.78 is 4.96. The fraction of sp³-hybridized carbons (Fsp3) is 0.462. The van der Waals surface area contributed by atoms with Gasteiger partial charge in [-0.15, -0.1) is 0 Å². The fourth-order valence-electron chi connectivity index (χ4n) is 1.95. The van der Waals surface area contributed by atoms with Gasteiger partial charge in [-0.05, 0) is 23.6 Å². The maximum Gasteiger partial charge on any atom is 0.417 e. The van der Waals surface area contributed by atoms with Crippen LogP contribution in [-0.2, 0) is 6.54 Å². The molecule has 5 heteroatoms. The fourth-order valence-corrected chi connectivity index (χ4v) is 1.95. The van der Waals surface area contributed by atoms with Crippen molar-refractivity contribution in [3.05, 3.63) is 34.3 Å². The van der Waals surface area contributed by atoms with E-state index in [4.69, 9.17) is 10.2 Å². The van der Waals surface area contributed by atoms with Gasteiger partial charge in [0, 0.05) is 19.1 Å².